The molecule has 0 saturated heterocycles. The number of rotatable bonds is 39. The van der Waals surface area contributed by atoms with Crippen LogP contribution in [0.5, 0.6) is 0 Å². The SMILES string of the molecule is CC/C=C\C/C=C\C/C=C\CCCCCCCC(=O)OCC(COC(=O)CCCCCCCCC)OC(=O)CCCCCCCCCCCCCC. The number of hydrogen-bond acceptors (Lipinski definition) is 6. The first-order valence-corrected chi connectivity index (χ1v) is 22.0. The predicted molar refractivity (Wildman–Crippen MR) is 219 cm³/mol. The van der Waals surface area contributed by atoms with Crippen molar-refractivity contribution in [1.29, 1.82) is 0 Å². The van der Waals surface area contributed by atoms with E-state index < -0.39 is 6.10 Å². The molecule has 1 unspecified atom stereocenters. The van der Waals surface area contributed by atoms with Gasteiger partial charge < -0.3 is 14.2 Å². The molecule has 0 aliphatic heterocycles. The summed E-state index contributed by atoms with van der Waals surface area (Å²) < 4.78 is 16.6. The summed E-state index contributed by atoms with van der Waals surface area (Å²) in [5, 5.41) is 0. The van der Waals surface area contributed by atoms with E-state index in [4.69, 9.17) is 14.2 Å². The van der Waals surface area contributed by atoms with Crippen molar-refractivity contribution in [3.05, 3.63) is 36.5 Å². The van der Waals surface area contributed by atoms with Gasteiger partial charge >= 0.3 is 17.9 Å². The molecule has 0 aromatic carbocycles. The van der Waals surface area contributed by atoms with Crippen molar-refractivity contribution < 1.29 is 28.6 Å². The second-order valence-electron chi connectivity index (χ2n) is 14.6. The van der Waals surface area contributed by atoms with Crippen molar-refractivity contribution in [3.8, 4) is 0 Å². The van der Waals surface area contributed by atoms with Crippen LogP contribution in [0.1, 0.15) is 220 Å². The first-order chi connectivity index (χ1) is 25.5. The minimum absolute atomic E-state index is 0.0756. The molecule has 0 saturated carbocycles. The van der Waals surface area contributed by atoms with Gasteiger partial charge in [-0.3, -0.25) is 14.4 Å². The van der Waals surface area contributed by atoms with Crippen LogP contribution in [0.2, 0.25) is 0 Å². The summed E-state index contributed by atoms with van der Waals surface area (Å²) in [6.45, 7) is 6.46. The molecule has 0 bridgehead atoms. The Labute approximate surface area is 321 Å². The number of ether oxygens (including phenoxy) is 3. The zero-order valence-corrected chi connectivity index (χ0v) is 34.3. The Bertz CT molecular complexity index is 891. The summed E-state index contributed by atoms with van der Waals surface area (Å²) in [5.41, 5.74) is 0. The predicted octanol–water partition coefficient (Wildman–Crippen LogP) is 13.8. The molecular weight excluding hydrogens is 648 g/mol. The molecule has 52 heavy (non-hydrogen) atoms. The van der Waals surface area contributed by atoms with Crippen LogP contribution in [0.25, 0.3) is 0 Å². The number of carbonyl (C=O) groups is 3. The monoisotopic (exact) mass is 731 g/mol. The molecule has 6 heteroatoms. The van der Waals surface area contributed by atoms with Gasteiger partial charge in [-0.1, -0.05) is 186 Å². The molecule has 0 amide bonds. The third kappa shape index (κ3) is 38.9. The summed E-state index contributed by atoms with van der Waals surface area (Å²) in [6, 6.07) is 0. The van der Waals surface area contributed by atoms with Gasteiger partial charge in [-0.05, 0) is 51.4 Å². The van der Waals surface area contributed by atoms with Gasteiger partial charge in [0.15, 0.2) is 6.10 Å². The molecule has 0 fully saturated rings. The van der Waals surface area contributed by atoms with Gasteiger partial charge in [0.2, 0.25) is 0 Å². The van der Waals surface area contributed by atoms with Crippen molar-refractivity contribution in [2.75, 3.05) is 13.2 Å². The fourth-order valence-electron chi connectivity index (χ4n) is 6.10. The lowest BCUT2D eigenvalue weighted by molar-refractivity contribution is -0.167. The molecule has 0 aromatic rings. The van der Waals surface area contributed by atoms with E-state index in [2.05, 4.69) is 57.2 Å². The van der Waals surface area contributed by atoms with Gasteiger partial charge in [0, 0.05) is 19.3 Å². The first kappa shape index (κ1) is 49.6. The zero-order chi connectivity index (χ0) is 38.0. The second-order valence-corrected chi connectivity index (χ2v) is 14.6. The Kier molecular flexibility index (Phi) is 39.5. The fourth-order valence-corrected chi connectivity index (χ4v) is 6.10. The molecule has 0 aliphatic rings. The standard InChI is InChI=1S/C46H82O6/c1-4-7-10-13-16-18-20-22-23-24-26-27-30-33-36-39-45(48)51-42-43(41-50-44(47)38-35-32-29-15-12-9-6-3)52-46(49)40-37-34-31-28-25-21-19-17-14-11-8-5-2/h7,10,16,18,22-23,43H,4-6,8-9,11-15,17,19-21,24-42H2,1-3H3/b10-7-,18-16-,23-22-. The van der Waals surface area contributed by atoms with Crippen LogP contribution in [-0.4, -0.2) is 37.2 Å². The third-order valence-electron chi connectivity index (χ3n) is 9.41. The van der Waals surface area contributed by atoms with Crippen LogP contribution in [-0.2, 0) is 28.6 Å². The second kappa shape index (κ2) is 41.4. The number of allylic oxidation sites excluding steroid dienone is 6. The van der Waals surface area contributed by atoms with Crippen LogP contribution in [0, 0.1) is 0 Å². The van der Waals surface area contributed by atoms with E-state index in [0.29, 0.717) is 19.3 Å². The van der Waals surface area contributed by atoms with E-state index in [1.54, 1.807) is 0 Å². The molecule has 0 N–H and O–H groups in total. The highest BCUT2D eigenvalue weighted by molar-refractivity contribution is 5.71. The average Bonchev–Trinajstić information content (AvgIpc) is 3.14. The highest BCUT2D eigenvalue weighted by atomic mass is 16.6. The highest BCUT2D eigenvalue weighted by Gasteiger charge is 2.19. The van der Waals surface area contributed by atoms with Crippen molar-refractivity contribution >= 4 is 17.9 Å². The number of hydrogen-bond donors (Lipinski definition) is 0. The van der Waals surface area contributed by atoms with Crippen LogP contribution >= 0.6 is 0 Å². The topological polar surface area (TPSA) is 78.9 Å². The molecule has 0 spiro atoms. The summed E-state index contributed by atoms with van der Waals surface area (Å²) in [5.74, 6) is -0.898. The van der Waals surface area contributed by atoms with Gasteiger partial charge in [-0.15, -0.1) is 0 Å². The Morgan fingerprint density at radius 1 is 0.404 bits per heavy atom. The van der Waals surface area contributed by atoms with E-state index in [0.717, 1.165) is 96.3 Å². The van der Waals surface area contributed by atoms with Gasteiger partial charge in [0.05, 0.1) is 0 Å². The lowest BCUT2D eigenvalue weighted by Crippen LogP contribution is -2.30. The van der Waals surface area contributed by atoms with Crippen LogP contribution in [0.3, 0.4) is 0 Å². The molecule has 0 aliphatic carbocycles. The van der Waals surface area contributed by atoms with Crippen LogP contribution in [0.15, 0.2) is 36.5 Å². The van der Waals surface area contributed by atoms with E-state index >= 15 is 0 Å². The lowest BCUT2D eigenvalue weighted by atomic mass is 10.0. The summed E-state index contributed by atoms with van der Waals surface area (Å²) in [4.78, 5) is 37.5. The van der Waals surface area contributed by atoms with Crippen LogP contribution < -0.4 is 0 Å². The molecule has 6 nitrogen and oxygen atoms in total. The quantitative estimate of drug-likeness (QED) is 0.0271. The Morgan fingerprint density at radius 3 is 1.17 bits per heavy atom. The lowest BCUT2D eigenvalue weighted by Gasteiger charge is -2.18. The van der Waals surface area contributed by atoms with Gasteiger partial charge in [0.1, 0.15) is 13.2 Å². The molecule has 0 radical (unpaired) electrons. The largest absolute Gasteiger partial charge is 0.462 e. The van der Waals surface area contributed by atoms with Gasteiger partial charge in [-0.2, -0.15) is 0 Å². The molecule has 0 heterocycles. The fraction of sp³-hybridized carbons (Fsp3) is 0.804. The molecule has 0 rings (SSSR count). The number of esters is 3. The summed E-state index contributed by atoms with van der Waals surface area (Å²) in [6.07, 6.45) is 45.6. The Morgan fingerprint density at radius 2 is 0.750 bits per heavy atom. The summed E-state index contributed by atoms with van der Waals surface area (Å²) in [7, 11) is 0. The number of carbonyl (C=O) groups excluding carboxylic acids is 3. The van der Waals surface area contributed by atoms with Gasteiger partial charge in [0.25, 0.3) is 0 Å². The zero-order valence-electron chi connectivity index (χ0n) is 34.3. The van der Waals surface area contributed by atoms with E-state index in [1.165, 1.54) is 83.5 Å². The van der Waals surface area contributed by atoms with Crippen molar-refractivity contribution in [3.63, 3.8) is 0 Å². The average molecular weight is 731 g/mol. The van der Waals surface area contributed by atoms with Crippen molar-refractivity contribution in [2.24, 2.45) is 0 Å². The summed E-state index contributed by atoms with van der Waals surface area (Å²) >= 11 is 0. The molecule has 302 valence electrons. The highest BCUT2D eigenvalue weighted by Crippen LogP contribution is 2.14. The molecule has 1 atom stereocenters. The van der Waals surface area contributed by atoms with Crippen molar-refractivity contribution in [1.82, 2.24) is 0 Å². The van der Waals surface area contributed by atoms with Crippen molar-refractivity contribution in [2.45, 2.75) is 226 Å². The maximum absolute atomic E-state index is 12.7. The Balaban J connectivity index is 4.33. The van der Waals surface area contributed by atoms with E-state index in [1.807, 2.05) is 0 Å². The molecule has 0 aromatic heterocycles. The maximum atomic E-state index is 12.7. The number of unbranched alkanes of at least 4 members (excludes halogenated alkanes) is 22. The minimum atomic E-state index is -0.770. The van der Waals surface area contributed by atoms with E-state index in [9.17, 15) is 14.4 Å². The van der Waals surface area contributed by atoms with E-state index in [-0.39, 0.29) is 31.1 Å². The first-order valence-electron chi connectivity index (χ1n) is 22.0. The third-order valence-corrected chi connectivity index (χ3v) is 9.41. The van der Waals surface area contributed by atoms with Crippen LogP contribution in [0.4, 0.5) is 0 Å². The Hall–Kier alpha value is -2.37. The minimum Gasteiger partial charge on any atom is -0.462 e. The molecular formula is C46H82O6. The normalized spacial score (nSPS) is 12.3. The van der Waals surface area contributed by atoms with Gasteiger partial charge in [-0.25, -0.2) is 0 Å². The maximum Gasteiger partial charge on any atom is 0.306 e. The smallest absolute Gasteiger partial charge is 0.306 e.